The van der Waals surface area contributed by atoms with Gasteiger partial charge in [0.15, 0.2) is 0 Å². The Morgan fingerprint density at radius 1 is 0.952 bits per heavy atom. The third-order valence-electron chi connectivity index (χ3n) is 2.93. The van der Waals surface area contributed by atoms with Crippen molar-refractivity contribution in [2.75, 3.05) is 18.5 Å². The zero-order valence-electron chi connectivity index (χ0n) is 11.6. The summed E-state index contributed by atoms with van der Waals surface area (Å²) in [6.45, 7) is 2.96. The molecule has 2 rings (SSSR count). The lowest BCUT2D eigenvalue weighted by Crippen LogP contribution is -2.11. The first-order valence-corrected chi connectivity index (χ1v) is 6.56. The van der Waals surface area contributed by atoms with E-state index in [1.54, 1.807) is 0 Å². The summed E-state index contributed by atoms with van der Waals surface area (Å²) in [7, 11) is 0. The third kappa shape index (κ3) is 4.70. The summed E-state index contributed by atoms with van der Waals surface area (Å²) in [5.41, 5.74) is 1.49. The van der Waals surface area contributed by atoms with E-state index in [0.717, 1.165) is 17.8 Å². The van der Waals surface area contributed by atoms with Crippen LogP contribution in [0.5, 0.6) is 5.75 Å². The fraction of sp³-hybridized carbons (Fsp3) is 0.250. The molecule has 0 unspecified atom stereocenters. The van der Waals surface area contributed by atoms with E-state index in [1.807, 2.05) is 31.2 Å². The van der Waals surface area contributed by atoms with E-state index >= 15 is 0 Å². The van der Waals surface area contributed by atoms with E-state index in [4.69, 9.17) is 4.74 Å². The lowest BCUT2D eigenvalue weighted by atomic mass is 10.2. The molecule has 0 radical (unpaired) electrons. The predicted octanol–water partition coefficient (Wildman–Crippen LogP) is 4.50. The highest BCUT2D eigenvalue weighted by Crippen LogP contribution is 2.30. The SMILES string of the molecule is Cc1ccc(NCCOc2ccc(C(F)(F)F)cc2)cc1. The van der Waals surface area contributed by atoms with Gasteiger partial charge in [-0.3, -0.25) is 0 Å². The van der Waals surface area contributed by atoms with Crippen LogP contribution in [0.25, 0.3) is 0 Å². The molecule has 112 valence electrons. The molecule has 0 heterocycles. The molecule has 0 aliphatic heterocycles. The smallest absolute Gasteiger partial charge is 0.416 e. The van der Waals surface area contributed by atoms with Gasteiger partial charge in [-0.25, -0.2) is 0 Å². The lowest BCUT2D eigenvalue weighted by Gasteiger charge is -2.10. The van der Waals surface area contributed by atoms with Gasteiger partial charge in [-0.05, 0) is 43.3 Å². The standard InChI is InChI=1S/C16H16F3NO/c1-12-2-6-14(7-3-12)20-10-11-21-15-8-4-13(5-9-15)16(17,18)19/h2-9,20H,10-11H2,1H3. The van der Waals surface area contributed by atoms with Gasteiger partial charge in [-0.15, -0.1) is 0 Å². The normalized spacial score (nSPS) is 11.2. The zero-order valence-corrected chi connectivity index (χ0v) is 11.6. The van der Waals surface area contributed by atoms with Crippen LogP contribution in [0.2, 0.25) is 0 Å². The Morgan fingerprint density at radius 2 is 1.57 bits per heavy atom. The Balaban J connectivity index is 1.77. The van der Waals surface area contributed by atoms with Crippen LogP contribution < -0.4 is 10.1 Å². The molecule has 21 heavy (non-hydrogen) atoms. The number of hydrogen-bond acceptors (Lipinski definition) is 2. The summed E-state index contributed by atoms with van der Waals surface area (Å²) in [4.78, 5) is 0. The molecule has 0 fully saturated rings. The number of nitrogens with one attached hydrogen (secondary N) is 1. The molecule has 0 aliphatic rings. The minimum Gasteiger partial charge on any atom is -0.492 e. The van der Waals surface area contributed by atoms with Crippen LogP contribution in [-0.4, -0.2) is 13.2 Å². The van der Waals surface area contributed by atoms with Crippen LogP contribution in [0.15, 0.2) is 48.5 Å². The minimum absolute atomic E-state index is 0.374. The van der Waals surface area contributed by atoms with Gasteiger partial charge in [0.25, 0.3) is 0 Å². The Bertz CT molecular complexity index is 562. The first-order chi connectivity index (χ1) is 9.95. The van der Waals surface area contributed by atoms with E-state index in [1.165, 1.54) is 17.7 Å². The van der Waals surface area contributed by atoms with Crippen LogP contribution in [0.4, 0.5) is 18.9 Å². The van der Waals surface area contributed by atoms with Gasteiger partial charge >= 0.3 is 6.18 Å². The lowest BCUT2D eigenvalue weighted by molar-refractivity contribution is -0.137. The molecular weight excluding hydrogens is 279 g/mol. The number of alkyl halides is 3. The average Bonchev–Trinajstić information content (AvgIpc) is 2.45. The topological polar surface area (TPSA) is 21.3 Å². The van der Waals surface area contributed by atoms with Crippen molar-refractivity contribution in [1.29, 1.82) is 0 Å². The van der Waals surface area contributed by atoms with Crippen LogP contribution in [0, 0.1) is 6.92 Å². The van der Waals surface area contributed by atoms with Crippen molar-refractivity contribution >= 4 is 5.69 Å². The summed E-state index contributed by atoms with van der Waals surface area (Å²) >= 11 is 0. The molecule has 0 amide bonds. The van der Waals surface area contributed by atoms with Crippen molar-refractivity contribution in [2.24, 2.45) is 0 Å². The van der Waals surface area contributed by atoms with E-state index < -0.39 is 11.7 Å². The maximum atomic E-state index is 12.4. The first kappa shape index (κ1) is 15.2. The summed E-state index contributed by atoms with van der Waals surface area (Å²) in [5.74, 6) is 0.425. The summed E-state index contributed by atoms with van der Waals surface area (Å²) in [6.07, 6.45) is -4.31. The minimum atomic E-state index is -4.31. The molecule has 0 saturated carbocycles. The summed E-state index contributed by atoms with van der Waals surface area (Å²) in [6, 6.07) is 12.6. The van der Waals surface area contributed by atoms with Gasteiger partial charge < -0.3 is 10.1 Å². The average molecular weight is 295 g/mol. The Labute approximate surface area is 121 Å². The van der Waals surface area contributed by atoms with E-state index in [-0.39, 0.29) is 0 Å². The van der Waals surface area contributed by atoms with Gasteiger partial charge in [-0.1, -0.05) is 17.7 Å². The molecule has 0 aromatic heterocycles. The Hall–Kier alpha value is -2.17. The van der Waals surface area contributed by atoms with Crippen LogP contribution in [-0.2, 0) is 6.18 Å². The number of hydrogen-bond donors (Lipinski definition) is 1. The fourth-order valence-corrected chi connectivity index (χ4v) is 1.78. The number of ether oxygens (including phenoxy) is 1. The van der Waals surface area contributed by atoms with Crippen molar-refractivity contribution in [3.63, 3.8) is 0 Å². The largest absolute Gasteiger partial charge is 0.492 e. The molecule has 0 aliphatic carbocycles. The molecule has 0 saturated heterocycles. The molecule has 2 nitrogen and oxygen atoms in total. The van der Waals surface area contributed by atoms with Gasteiger partial charge in [-0.2, -0.15) is 13.2 Å². The number of anilines is 1. The second-order valence-corrected chi connectivity index (χ2v) is 4.66. The third-order valence-corrected chi connectivity index (χ3v) is 2.93. The molecule has 2 aromatic rings. The zero-order chi connectivity index (χ0) is 15.3. The van der Waals surface area contributed by atoms with Crippen molar-refractivity contribution in [1.82, 2.24) is 0 Å². The molecule has 0 atom stereocenters. The van der Waals surface area contributed by atoms with Gasteiger partial charge in [0.05, 0.1) is 5.56 Å². The van der Waals surface area contributed by atoms with Crippen LogP contribution >= 0.6 is 0 Å². The first-order valence-electron chi connectivity index (χ1n) is 6.56. The maximum absolute atomic E-state index is 12.4. The second kappa shape index (κ2) is 6.52. The monoisotopic (exact) mass is 295 g/mol. The Morgan fingerprint density at radius 3 is 2.14 bits per heavy atom. The van der Waals surface area contributed by atoms with E-state index in [9.17, 15) is 13.2 Å². The number of benzene rings is 2. The molecule has 1 N–H and O–H groups in total. The van der Waals surface area contributed by atoms with Crippen LogP contribution in [0.3, 0.4) is 0 Å². The molecular formula is C16H16F3NO. The molecule has 5 heteroatoms. The molecule has 0 bridgehead atoms. The maximum Gasteiger partial charge on any atom is 0.416 e. The second-order valence-electron chi connectivity index (χ2n) is 4.66. The van der Waals surface area contributed by atoms with Gasteiger partial charge in [0.2, 0.25) is 0 Å². The number of rotatable bonds is 5. The van der Waals surface area contributed by atoms with Crippen molar-refractivity contribution in [2.45, 2.75) is 13.1 Å². The van der Waals surface area contributed by atoms with Gasteiger partial charge in [0, 0.05) is 12.2 Å². The highest BCUT2D eigenvalue weighted by atomic mass is 19.4. The summed E-state index contributed by atoms with van der Waals surface area (Å²) in [5, 5.41) is 3.17. The summed E-state index contributed by atoms with van der Waals surface area (Å²) < 4.78 is 42.6. The number of halogens is 3. The van der Waals surface area contributed by atoms with E-state index in [2.05, 4.69) is 5.32 Å². The number of aryl methyl sites for hydroxylation is 1. The molecule has 0 spiro atoms. The van der Waals surface area contributed by atoms with Crippen LogP contribution in [0.1, 0.15) is 11.1 Å². The fourth-order valence-electron chi connectivity index (χ4n) is 1.78. The van der Waals surface area contributed by atoms with E-state index in [0.29, 0.717) is 18.9 Å². The highest BCUT2D eigenvalue weighted by molar-refractivity contribution is 5.44. The Kier molecular flexibility index (Phi) is 4.73. The van der Waals surface area contributed by atoms with Crippen molar-refractivity contribution < 1.29 is 17.9 Å². The molecule has 2 aromatic carbocycles. The quantitative estimate of drug-likeness (QED) is 0.820. The van der Waals surface area contributed by atoms with Crippen molar-refractivity contribution in [3.8, 4) is 5.75 Å². The van der Waals surface area contributed by atoms with Gasteiger partial charge in [0.1, 0.15) is 12.4 Å². The predicted molar refractivity (Wildman–Crippen MR) is 76.6 cm³/mol. The highest BCUT2D eigenvalue weighted by Gasteiger charge is 2.29. The van der Waals surface area contributed by atoms with Crippen molar-refractivity contribution in [3.05, 3.63) is 59.7 Å².